The summed E-state index contributed by atoms with van der Waals surface area (Å²) in [5.41, 5.74) is 2.56. The van der Waals surface area contributed by atoms with E-state index in [4.69, 9.17) is 0 Å². The number of phenols is 2. The van der Waals surface area contributed by atoms with Crippen LogP contribution in [-0.2, 0) is 6.54 Å². The van der Waals surface area contributed by atoms with Crippen LogP contribution in [0.5, 0.6) is 11.5 Å². The fourth-order valence-corrected chi connectivity index (χ4v) is 2.29. The van der Waals surface area contributed by atoms with Crippen molar-refractivity contribution in [3.63, 3.8) is 0 Å². The van der Waals surface area contributed by atoms with Gasteiger partial charge in [0.1, 0.15) is 0 Å². The predicted octanol–water partition coefficient (Wildman–Crippen LogP) is 3.08. The van der Waals surface area contributed by atoms with E-state index in [-0.39, 0.29) is 11.5 Å². The molecule has 3 N–H and O–H groups in total. The van der Waals surface area contributed by atoms with Crippen LogP contribution in [0.4, 0.5) is 0 Å². The predicted molar refractivity (Wildman–Crippen MR) is 72.6 cm³/mol. The van der Waals surface area contributed by atoms with E-state index in [1.165, 1.54) is 31.7 Å². The summed E-state index contributed by atoms with van der Waals surface area (Å²) in [6.07, 6.45) is 8.64. The molecule has 0 atom stereocenters. The van der Waals surface area contributed by atoms with Crippen molar-refractivity contribution in [1.82, 2.24) is 5.32 Å². The molecule has 0 aromatic heterocycles. The Bertz CT molecular complexity index is 427. The smallest absolute Gasteiger partial charge is 0.157 e. The molecule has 0 heterocycles. The van der Waals surface area contributed by atoms with Gasteiger partial charge in [0.15, 0.2) is 11.5 Å². The van der Waals surface area contributed by atoms with E-state index in [9.17, 15) is 10.2 Å². The molecule has 98 valence electrons. The molecule has 0 saturated carbocycles. The van der Waals surface area contributed by atoms with Gasteiger partial charge in [-0.15, -0.1) is 0 Å². The monoisotopic (exact) mass is 247 g/mol. The van der Waals surface area contributed by atoms with Crippen LogP contribution in [0.25, 0.3) is 0 Å². The molecular formula is C15H21NO2. The summed E-state index contributed by atoms with van der Waals surface area (Å²) in [4.78, 5) is 0. The minimum Gasteiger partial charge on any atom is -0.504 e. The highest BCUT2D eigenvalue weighted by atomic mass is 16.3. The summed E-state index contributed by atoms with van der Waals surface area (Å²) in [5, 5.41) is 21.9. The normalized spacial score (nSPS) is 15.4. The Kier molecular flexibility index (Phi) is 4.65. The molecule has 3 heteroatoms. The number of benzene rings is 1. The third kappa shape index (κ3) is 3.77. The van der Waals surface area contributed by atoms with Crippen LogP contribution >= 0.6 is 0 Å². The maximum absolute atomic E-state index is 9.37. The first-order chi connectivity index (χ1) is 8.75. The lowest BCUT2D eigenvalue weighted by atomic mass is 9.97. The largest absolute Gasteiger partial charge is 0.504 e. The lowest BCUT2D eigenvalue weighted by Gasteiger charge is -2.13. The van der Waals surface area contributed by atoms with Crippen molar-refractivity contribution < 1.29 is 10.2 Å². The van der Waals surface area contributed by atoms with Gasteiger partial charge in [-0.3, -0.25) is 0 Å². The topological polar surface area (TPSA) is 52.5 Å². The summed E-state index contributed by atoms with van der Waals surface area (Å²) in [6.45, 7) is 1.69. The Balaban J connectivity index is 1.71. The third-order valence-electron chi connectivity index (χ3n) is 3.38. The van der Waals surface area contributed by atoms with Gasteiger partial charge < -0.3 is 15.5 Å². The Morgan fingerprint density at radius 1 is 1.11 bits per heavy atom. The van der Waals surface area contributed by atoms with Crippen LogP contribution in [0.2, 0.25) is 0 Å². The van der Waals surface area contributed by atoms with Gasteiger partial charge in [0.05, 0.1) is 0 Å². The van der Waals surface area contributed by atoms with Crippen LogP contribution in [0.1, 0.15) is 37.7 Å². The molecule has 1 aromatic carbocycles. The lowest BCUT2D eigenvalue weighted by Crippen LogP contribution is -2.15. The van der Waals surface area contributed by atoms with E-state index in [1.54, 1.807) is 11.6 Å². The fourth-order valence-electron chi connectivity index (χ4n) is 2.29. The van der Waals surface area contributed by atoms with Gasteiger partial charge in [-0.05, 0) is 56.3 Å². The van der Waals surface area contributed by atoms with E-state index < -0.39 is 0 Å². The van der Waals surface area contributed by atoms with Gasteiger partial charge in [0.25, 0.3) is 0 Å². The van der Waals surface area contributed by atoms with Crippen LogP contribution in [0, 0.1) is 0 Å². The average Bonchev–Trinajstić information content (AvgIpc) is 2.40. The first-order valence-corrected chi connectivity index (χ1v) is 6.65. The molecule has 3 nitrogen and oxygen atoms in total. The van der Waals surface area contributed by atoms with Crippen molar-refractivity contribution in [3.05, 3.63) is 35.4 Å². The van der Waals surface area contributed by atoms with Crippen molar-refractivity contribution in [3.8, 4) is 11.5 Å². The summed E-state index contributed by atoms with van der Waals surface area (Å²) in [7, 11) is 0. The highest BCUT2D eigenvalue weighted by Crippen LogP contribution is 2.24. The maximum Gasteiger partial charge on any atom is 0.157 e. The number of hydrogen-bond acceptors (Lipinski definition) is 3. The SMILES string of the molecule is Oc1ccc(CNCCC2=CCCCC2)cc1O. The molecule has 1 aliphatic rings. The highest BCUT2D eigenvalue weighted by molar-refractivity contribution is 5.40. The Labute approximate surface area is 108 Å². The molecule has 0 fully saturated rings. The van der Waals surface area contributed by atoms with Crippen molar-refractivity contribution in [2.75, 3.05) is 6.54 Å². The molecule has 0 spiro atoms. The quantitative estimate of drug-likeness (QED) is 0.426. The second-order valence-electron chi connectivity index (χ2n) is 4.86. The Morgan fingerprint density at radius 2 is 2.00 bits per heavy atom. The minimum absolute atomic E-state index is 0.0516. The number of rotatable bonds is 5. The number of hydrogen-bond donors (Lipinski definition) is 3. The first kappa shape index (κ1) is 13.0. The van der Waals surface area contributed by atoms with E-state index in [0.717, 1.165) is 25.1 Å². The minimum atomic E-state index is -0.0638. The second kappa shape index (κ2) is 6.45. The summed E-state index contributed by atoms with van der Waals surface area (Å²) >= 11 is 0. The van der Waals surface area contributed by atoms with Crippen LogP contribution in [0.3, 0.4) is 0 Å². The zero-order valence-corrected chi connectivity index (χ0v) is 10.7. The van der Waals surface area contributed by atoms with E-state index in [1.807, 2.05) is 6.07 Å². The Morgan fingerprint density at radius 3 is 2.72 bits per heavy atom. The summed E-state index contributed by atoms with van der Waals surface area (Å²) in [5.74, 6) is -0.115. The van der Waals surface area contributed by atoms with Gasteiger partial charge >= 0.3 is 0 Å². The zero-order chi connectivity index (χ0) is 12.8. The fraction of sp³-hybridized carbons (Fsp3) is 0.467. The average molecular weight is 247 g/mol. The van der Waals surface area contributed by atoms with Gasteiger partial charge in [0.2, 0.25) is 0 Å². The number of allylic oxidation sites excluding steroid dienone is 1. The summed E-state index contributed by atoms with van der Waals surface area (Å²) in [6, 6.07) is 4.94. The molecule has 0 unspecified atom stereocenters. The van der Waals surface area contributed by atoms with Gasteiger partial charge in [-0.1, -0.05) is 17.7 Å². The first-order valence-electron chi connectivity index (χ1n) is 6.65. The zero-order valence-electron chi connectivity index (χ0n) is 10.7. The summed E-state index contributed by atoms with van der Waals surface area (Å²) < 4.78 is 0. The molecule has 0 amide bonds. The van der Waals surface area contributed by atoms with Gasteiger partial charge in [-0.2, -0.15) is 0 Å². The standard InChI is InChI=1S/C15H21NO2/c17-14-7-6-13(10-15(14)18)11-16-9-8-12-4-2-1-3-5-12/h4,6-7,10,16-18H,1-3,5,8-9,11H2. The van der Waals surface area contributed by atoms with E-state index in [0.29, 0.717) is 0 Å². The molecule has 0 aliphatic heterocycles. The van der Waals surface area contributed by atoms with Gasteiger partial charge in [-0.25, -0.2) is 0 Å². The second-order valence-corrected chi connectivity index (χ2v) is 4.86. The maximum atomic E-state index is 9.37. The third-order valence-corrected chi connectivity index (χ3v) is 3.38. The van der Waals surface area contributed by atoms with Crippen molar-refractivity contribution >= 4 is 0 Å². The number of phenolic OH excluding ortho intramolecular Hbond substituents is 2. The molecule has 2 rings (SSSR count). The number of aromatic hydroxyl groups is 2. The van der Waals surface area contributed by atoms with Crippen LogP contribution in [0.15, 0.2) is 29.8 Å². The lowest BCUT2D eigenvalue weighted by molar-refractivity contribution is 0.403. The van der Waals surface area contributed by atoms with Gasteiger partial charge in [0, 0.05) is 6.54 Å². The van der Waals surface area contributed by atoms with Crippen molar-refractivity contribution in [1.29, 1.82) is 0 Å². The number of nitrogens with one attached hydrogen (secondary N) is 1. The Hall–Kier alpha value is -1.48. The molecular weight excluding hydrogens is 226 g/mol. The van der Waals surface area contributed by atoms with E-state index in [2.05, 4.69) is 11.4 Å². The van der Waals surface area contributed by atoms with Crippen molar-refractivity contribution in [2.24, 2.45) is 0 Å². The molecule has 0 saturated heterocycles. The van der Waals surface area contributed by atoms with E-state index >= 15 is 0 Å². The molecule has 0 bridgehead atoms. The van der Waals surface area contributed by atoms with Crippen LogP contribution in [-0.4, -0.2) is 16.8 Å². The highest BCUT2D eigenvalue weighted by Gasteiger charge is 2.03. The molecule has 0 radical (unpaired) electrons. The van der Waals surface area contributed by atoms with Crippen LogP contribution < -0.4 is 5.32 Å². The molecule has 1 aliphatic carbocycles. The molecule has 1 aromatic rings. The van der Waals surface area contributed by atoms with Crippen molar-refractivity contribution in [2.45, 2.75) is 38.6 Å². The molecule has 18 heavy (non-hydrogen) atoms.